The first-order valence-corrected chi connectivity index (χ1v) is 10.6. The fraction of sp³-hybridized carbons (Fsp3) is 0.160. The maximum absolute atomic E-state index is 14.3. The van der Waals surface area contributed by atoms with Crippen molar-refractivity contribution in [3.63, 3.8) is 0 Å². The summed E-state index contributed by atoms with van der Waals surface area (Å²) in [6.45, 7) is 0.159. The molecule has 9 nitrogen and oxygen atoms in total. The Balaban J connectivity index is 1.48. The molecule has 0 fully saturated rings. The van der Waals surface area contributed by atoms with Gasteiger partial charge in [-0.05, 0) is 48.5 Å². The summed E-state index contributed by atoms with van der Waals surface area (Å²) in [5, 5.41) is 15.4. The van der Waals surface area contributed by atoms with Gasteiger partial charge in [-0.1, -0.05) is 11.2 Å². The van der Waals surface area contributed by atoms with Crippen LogP contribution in [0.1, 0.15) is 27.0 Å². The molecule has 2 amide bonds. The lowest BCUT2D eigenvalue weighted by Gasteiger charge is -2.24. The molecule has 178 valence electrons. The molecule has 0 saturated heterocycles. The normalized spacial score (nSPS) is 15.4. The van der Waals surface area contributed by atoms with Gasteiger partial charge in [0.15, 0.2) is 12.5 Å². The number of nitrogens with one attached hydrogen (secondary N) is 1. The van der Waals surface area contributed by atoms with E-state index in [0.717, 1.165) is 0 Å². The number of carbonyl (C=O) groups is 2. The van der Waals surface area contributed by atoms with Crippen LogP contribution in [0.4, 0.5) is 15.8 Å². The zero-order chi connectivity index (χ0) is 24.5. The molecule has 3 aromatic rings. The Kier molecular flexibility index (Phi) is 5.79. The van der Waals surface area contributed by atoms with Crippen LogP contribution in [0, 0.1) is 5.82 Å². The lowest BCUT2D eigenvalue weighted by atomic mass is 10.1. The van der Waals surface area contributed by atoms with E-state index in [-0.39, 0.29) is 31.6 Å². The molecule has 0 unspecified atom stereocenters. The number of halogens is 1. The fourth-order valence-corrected chi connectivity index (χ4v) is 4.15. The maximum Gasteiger partial charge on any atom is 0.281 e. The van der Waals surface area contributed by atoms with Gasteiger partial charge in [0.2, 0.25) is 0 Å². The maximum atomic E-state index is 14.3. The van der Waals surface area contributed by atoms with E-state index in [1.807, 2.05) is 0 Å². The average molecular weight is 477 g/mol. The minimum atomic E-state index is -0.566. The van der Waals surface area contributed by atoms with Gasteiger partial charge < -0.3 is 29.6 Å². The second kappa shape index (κ2) is 9.07. The third-order valence-corrected chi connectivity index (χ3v) is 5.76. The number of methoxy groups -OCH3 is 1. The number of carbonyl (C=O) groups excluding carboxylic acids is 2. The molecule has 0 spiro atoms. The zero-order valence-corrected chi connectivity index (χ0v) is 18.6. The summed E-state index contributed by atoms with van der Waals surface area (Å²) in [6.07, 6.45) is 0. The van der Waals surface area contributed by atoms with Crippen molar-refractivity contribution >= 4 is 28.9 Å². The summed E-state index contributed by atoms with van der Waals surface area (Å²) in [4.78, 5) is 27.2. The topological polar surface area (TPSA) is 110 Å². The van der Waals surface area contributed by atoms with Gasteiger partial charge in [0.25, 0.3) is 11.8 Å². The fourth-order valence-electron chi connectivity index (χ4n) is 4.15. The van der Waals surface area contributed by atoms with Crippen LogP contribution in [-0.4, -0.2) is 36.6 Å². The van der Waals surface area contributed by atoms with E-state index in [9.17, 15) is 19.2 Å². The summed E-state index contributed by atoms with van der Waals surface area (Å²) in [6, 6.07) is 14.1. The van der Waals surface area contributed by atoms with Crippen molar-refractivity contribution in [2.45, 2.75) is 13.2 Å². The van der Waals surface area contributed by atoms with Crippen LogP contribution >= 0.6 is 0 Å². The van der Waals surface area contributed by atoms with Crippen molar-refractivity contribution in [1.29, 1.82) is 0 Å². The molecule has 2 heterocycles. The van der Waals surface area contributed by atoms with E-state index in [2.05, 4.69) is 10.5 Å². The summed E-state index contributed by atoms with van der Waals surface area (Å²) in [5.74, 6) is -0.440. The van der Waals surface area contributed by atoms with Gasteiger partial charge in [0.05, 0.1) is 25.9 Å². The first-order chi connectivity index (χ1) is 17.0. The molecule has 3 aromatic carbocycles. The van der Waals surface area contributed by atoms with Crippen molar-refractivity contribution in [2.75, 3.05) is 24.1 Å². The highest BCUT2D eigenvalue weighted by molar-refractivity contribution is 6.54. The van der Waals surface area contributed by atoms with Crippen LogP contribution in [0.5, 0.6) is 11.5 Å². The Hall–Kier alpha value is -4.44. The quantitative estimate of drug-likeness (QED) is 0.429. The second-order valence-electron chi connectivity index (χ2n) is 7.92. The van der Waals surface area contributed by atoms with Crippen LogP contribution in [0.2, 0.25) is 0 Å². The van der Waals surface area contributed by atoms with Gasteiger partial charge in [-0.25, -0.2) is 4.39 Å². The third-order valence-electron chi connectivity index (χ3n) is 5.76. The third kappa shape index (κ3) is 4.15. The summed E-state index contributed by atoms with van der Waals surface area (Å²) in [7, 11) is 1.51. The number of hydrogen-bond donors (Lipinski definition) is 2. The Labute approximate surface area is 199 Å². The van der Waals surface area contributed by atoms with Crippen LogP contribution in [-0.2, 0) is 22.7 Å². The molecule has 0 radical (unpaired) electrons. The molecule has 0 bridgehead atoms. The van der Waals surface area contributed by atoms with Gasteiger partial charge in [0, 0.05) is 27.9 Å². The van der Waals surface area contributed by atoms with E-state index in [1.165, 1.54) is 24.1 Å². The largest absolute Gasteiger partial charge is 0.497 e. The highest BCUT2D eigenvalue weighted by Gasteiger charge is 2.36. The predicted octanol–water partition coefficient (Wildman–Crippen LogP) is 3.68. The number of amides is 2. The highest BCUT2D eigenvalue weighted by atomic mass is 19.1. The van der Waals surface area contributed by atoms with Crippen molar-refractivity contribution in [3.05, 3.63) is 82.7 Å². The van der Waals surface area contributed by atoms with Crippen LogP contribution < -0.4 is 19.7 Å². The minimum absolute atomic E-state index is 0.0139. The first kappa shape index (κ1) is 22.4. The van der Waals surface area contributed by atoms with Crippen LogP contribution in [0.15, 0.2) is 59.8 Å². The standard InChI is InChI=1S/C25H20FN3O6/c1-33-19-4-2-3-14(9-19)24(30)27-18-5-6-20-21(10-18)29(25(31)22(20)28-32)11-15-7-17(26)8-16-12-34-13-35-23(15)16/h2-10,32H,11-13H2,1H3,(H,27,30)/b28-22-. The molecular weight excluding hydrogens is 457 g/mol. The number of rotatable bonds is 5. The SMILES string of the molecule is COc1cccc(C(=O)Nc2ccc3c(c2)N(Cc2cc(F)cc4c2OCOC4)C(=O)/C3=N\O)c1. The molecule has 5 rings (SSSR count). The summed E-state index contributed by atoms with van der Waals surface area (Å²) in [5.41, 5.74) is 2.41. The van der Waals surface area contributed by atoms with Crippen LogP contribution in [0.3, 0.4) is 0 Å². The van der Waals surface area contributed by atoms with E-state index < -0.39 is 11.7 Å². The van der Waals surface area contributed by atoms with Gasteiger partial charge >= 0.3 is 0 Å². The minimum Gasteiger partial charge on any atom is -0.497 e. The number of anilines is 2. The molecule has 35 heavy (non-hydrogen) atoms. The highest BCUT2D eigenvalue weighted by Crippen LogP contribution is 2.37. The summed E-state index contributed by atoms with van der Waals surface area (Å²) >= 11 is 0. The molecule has 2 aliphatic rings. The molecule has 10 heteroatoms. The molecule has 0 aliphatic carbocycles. The number of benzene rings is 3. The second-order valence-corrected chi connectivity index (χ2v) is 7.92. The first-order valence-electron chi connectivity index (χ1n) is 10.6. The zero-order valence-electron chi connectivity index (χ0n) is 18.6. The molecule has 2 N–H and O–H groups in total. The van der Waals surface area contributed by atoms with Gasteiger partial charge in [-0.2, -0.15) is 0 Å². The van der Waals surface area contributed by atoms with Crippen molar-refractivity contribution in [3.8, 4) is 11.5 Å². The Morgan fingerprint density at radius 2 is 2.09 bits per heavy atom. The van der Waals surface area contributed by atoms with E-state index in [4.69, 9.17) is 14.2 Å². The molecule has 0 saturated carbocycles. The van der Waals surface area contributed by atoms with E-state index in [1.54, 1.807) is 42.5 Å². The smallest absolute Gasteiger partial charge is 0.281 e. The van der Waals surface area contributed by atoms with Crippen LogP contribution in [0.25, 0.3) is 0 Å². The molecule has 2 aliphatic heterocycles. The average Bonchev–Trinajstić information content (AvgIpc) is 3.13. The predicted molar refractivity (Wildman–Crippen MR) is 124 cm³/mol. The number of nitrogens with zero attached hydrogens (tertiary/aromatic N) is 2. The monoisotopic (exact) mass is 477 g/mol. The van der Waals surface area contributed by atoms with Crippen molar-refractivity contribution in [2.24, 2.45) is 5.16 Å². The number of ether oxygens (including phenoxy) is 3. The van der Waals surface area contributed by atoms with Crippen molar-refractivity contribution < 1.29 is 33.4 Å². The molecular formula is C25H20FN3O6. The van der Waals surface area contributed by atoms with Gasteiger partial charge in [-0.3, -0.25) is 9.59 Å². The van der Waals surface area contributed by atoms with E-state index >= 15 is 0 Å². The van der Waals surface area contributed by atoms with E-state index in [0.29, 0.717) is 45.1 Å². The van der Waals surface area contributed by atoms with Crippen molar-refractivity contribution in [1.82, 2.24) is 0 Å². The van der Waals surface area contributed by atoms with Gasteiger partial charge in [-0.15, -0.1) is 0 Å². The lowest BCUT2D eigenvalue weighted by Crippen LogP contribution is -2.30. The molecule has 0 atom stereocenters. The lowest BCUT2D eigenvalue weighted by molar-refractivity contribution is -0.112. The number of oxime groups is 1. The number of fused-ring (bicyclic) bond motifs is 2. The van der Waals surface area contributed by atoms with Gasteiger partial charge in [0.1, 0.15) is 17.3 Å². The Bertz CT molecular complexity index is 1370. The Morgan fingerprint density at radius 1 is 1.23 bits per heavy atom. The summed E-state index contributed by atoms with van der Waals surface area (Å²) < 4.78 is 30.2. The molecule has 0 aromatic heterocycles. The number of hydrogen-bond acceptors (Lipinski definition) is 7. The Morgan fingerprint density at radius 3 is 2.89 bits per heavy atom.